The van der Waals surface area contributed by atoms with Gasteiger partial charge in [0.25, 0.3) is 0 Å². The zero-order valence-electron chi connectivity index (χ0n) is 27.4. The molecule has 0 bridgehead atoms. The maximum atomic E-state index is 13.9. The number of para-hydroxylation sites is 1. The lowest BCUT2D eigenvalue weighted by Crippen LogP contribution is -2.49. The van der Waals surface area contributed by atoms with Crippen molar-refractivity contribution in [2.45, 2.75) is 104 Å². The summed E-state index contributed by atoms with van der Waals surface area (Å²) in [7, 11) is 0. The fourth-order valence-corrected chi connectivity index (χ4v) is 5.13. The van der Waals surface area contributed by atoms with Crippen LogP contribution >= 0.6 is 0 Å². The van der Waals surface area contributed by atoms with E-state index >= 15 is 0 Å². The second kappa shape index (κ2) is 16.5. The molecule has 1 aliphatic rings. The second-order valence-corrected chi connectivity index (χ2v) is 12.0. The minimum absolute atomic E-state index is 0.0751. The predicted molar refractivity (Wildman–Crippen MR) is 161 cm³/mol. The molecule has 1 fully saturated rings. The van der Waals surface area contributed by atoms with Crippen LogP contribution in [0.15, 0.2) is 24.3 Å². The first-order valence-electron chi connectivity index (χ1n) is 15.4. The zero-order chi connectivity index (χ0) is 35.7. The second-order valence-electron chi connectivity index (χ2n) is 12.0. The summed E-state index contributed by atoms with van der Waals surface area (Å²) in [6.07, 6.45) is -13.0. The molecule has 2 unspecified atom stereocenters. The van der Waals surface area contributed by atoms with Crippen LogP contribution in [0.2, 0.25) is 0 Å². The highest BCUT2D eigenvalue weighted by Crippen LogP contribution is 2.42. The van der Waals surface area contributed by atoms with Gasteiger partial charge in [-0.05, 0) is 71.8 Å². The van der Waals surface area contributed by atoms with Crippen LogP contribution in [0.25, 0.3) is 10.9 Å². The number of fused-ring (bicyclic) bond motifs is 1. The Balaban J connectivity index is 0.000000984. The lowest BCUT2D eigenvalue weighted by Gasteiger charge is -2.40. The van der Waals surface area contributed by atoms with E-state index in [9.17, 15) is 40.7 Å². The number of carbonyl (C=O) groups is 3. The summed E-state index contributed by atoms with van der Waals surface area (Å²) < 4.78 is 94.1. The van der Waals surface area contributed by atoms with E-state index in [0.717, 1.165) is 12.1 Å². The van der Waals surface area contributed by atoms with Gasteiger partial charge in [0.1, 0.15) is 17.4 Å². The molecule has 15 heteroatoms. The monoisotopic (exact) mass is 679 g/mol. The van der Waals surface area contributed by atoms with Crippen LogP contribution in [-0.2, 0) is 31.4 Å². The van der Waals surface area contributed by atoms with Gasteiger partial charge in [-0.2, -0.15) is 26.3 Å². The molecule has 0 saturated carbocycles. The average molecular weight is 680 g/mol. The number of benzene rings is 1. The molecule has 2 atom stereocenters. The third kappa shape index (κ3) is 11.5. The van der Waals surface area contributed by atoms with E-state index in [1.54, 1.807) is 20.8 Å². The van der Waals surface area contributed by atoms with Gasteiger partial charge in [0.05, 0.1) is 30.0 Å². The summed E-state index contributed by atoms with van der Waals surface area (Å²) in [6.45, 7) is 15.0. The van der Waals surface area contributed by atoms with Gasteiger partial charge in [0.15, 0.2) is 0 Å². The number of nitrogens with zero attached hydrogens (tertiary/aromatic N) is 3. The molecule has 1 aromatic heterocycles. The van der Waals surface area contributed by atoms with Gasteiger partial charge in [0, 0.05) is 17.5 Å². The van der Waals surface area contributed by atoms with Crippen molar-refractivity contribution in [3.05, 3.63) is 41.1 Å². The molecule has 47 heavy (non-hydrogen) atoms. The van der Waals surface area contributed by atoms with E-state index in [1.165, 1.54) is 24.5 Å². The summed E-state index contributed by atoms with van der Waals surface area (Å²) in [5.74, 6) is -2.46. The predicted octanol–water partition coefficient (Wildman–Crippen LogP) is 7.86. The standard InChI is InChI=1S/C26H28F6N2O6.C6H15N/c1-24(2,3)40-23(38)34-12-5-4-9-17(34)22(39-20(37)11-10-19(35)36)15-13-18(26(30,31)32)33-21-14(15)7-6-8-16(21)25(27,28)29;1-4-7(5-2)6-3/h6-8,13,17,22H,4-5,9-12H2,1-3H3,(H,35,36);4-6H2,1-3H3. The molecule has 1 aliphatic heterocycles. The lowest BCUT2D eigenvalue weighted by molar-refractivity contribution is -0.156. The average Bonchev–Trinajstić information content (AvgIpc) is 2.97. The number of aliphatic carboxylic acids is 1. The van der Waals surface area contributed by atoms with Crippen LogP contribution in [0.1, 0.15) is 96.6 Å². The SMILES string of the molecule is CC(C)(C)OC(=O)N1CCCCC1C(OC(=O)CCC(=O)O)c1cc(C(F)(F)F)nc2c(C(F)(F)F)cccc12.CCN(CC)CC. The van der Waals surface area contributed by atoms with Gasteiger partial charge in [-0.25, -0.2) is 9.78 Å². The van der Waals surface area contributed by atoms with Crippen LogP contribution in [0.5, 0.6) is 0 Å². The number of amides is 1. The highest BCUT2D eigenvalue weighted by atomic mass is 19.4. The van der Waals surface area contributed by atoms with E-state index in [2.05, 4.69) is 30.7 Å². The highest BCUT2D eigenvalue weighted by Gasteiger charge is 2.42. The smallest absolute Gasteiger partial charge is 0.433 e. The van der Waals surface area contributed by atoms with Gasteiger partial charge >= 0.3 is 30.4 Å². The normalized spacial score (nSPS) is 16.4. The molecular formula is C32H43F6N3O6. The number of carboxylic acids is 1. The minimum atomic E-state index is -5.17. The quantitative estimate of drug-likeness (QED) is 0.211. The minimum Gasteiger partial charge on any atom is -0.481 e. The number of alkyl halides is 6. The summed E-state index contributed by atoms with van der Waals surface area (Å²) >= 11 is 0. The van der Waals surface area contributed by atoms with Gasteiger partial charge in [-0.3, -0.25) is 9.59 Å². The summed E-state index contributed by atoms with van der Waals surface area (Å²) in [4.78, 5) is 43.6. The molecule has 1 saturated heterocycles. The van der Waals surface area contributed by atoms with Crippen molar-refractivity contribution in [1.29, 1.82) is 0 Å². The summed E-state index contributed by atoms with van der Waals surface area (Å²) in [5.41, 5.74) is -5.50. The third-order valence-corrected chi connectivity index (χ3v) is 7.44. The van der Waals surface area contributed by atoms with Crippen molar-refractivity contribution in [3.63, 3.8) is 0 Å². The third-order valence-electron chi connectivity index (χ3n) is 7.44. The van der Waals surface area contributed by atoms with Crippen molar-refractivity contribution in [2.24, 2.45) is 0 Å². The topological polar surface area (TPSA) is 109 Å². The van der Waals surface area contributed by atoms with Crippen LogP contribution in [0.4, 0.5) is 31.1 Å². The maximum Gasteiger partial charge on any atom is 0.433 e. The Labute approximate surface area is 270 Å². The van der Waals surface area contributed by atoms with E-state index in [0.29, 0.717) is 25.0 Å². The number of hydrogen-bond donors (Lipinski definition) is 1. The fourth-order valence-electron chi connectivity index (χ4n) is 5.13. The molecular weight excluding hydrogens is 636 g/mol. The Hall–Kier alpha value is -3.62. The number of hydrogen-bond acceptors (Lipinski definition) is 7. The van der Waals surface area contributed by atoms with E-state index in [4.69, 9.17) is 14.6 Å². The summed E-state index contributed by atoms with van der Waals surface area (Å²) in [5, 5.41) is 8.58. The van der Waals surface area contributed by atoms with Crippen LogP contribution < -0.4 is 0 Å². The number of piperidine rings is 1. The van der Waals surface area contributed by atoms with Crippen molar-refractivity contribution in [3.8, 4) is 0 Å². The highest BCUT2D eigenvalue weighted by molar-refractivity contribution is 5.87. The van der Waals surface area contributed by atoms with Crippen LogP contribution in [-0.4, -0.2) is 75.7 Å². The van der Waals surface area contributed by atoms with Gasteiger partial charge in [-0.1, -0.05) is 32.9 Å². The largest absolute Gasteiger partial charge is 0.481 e. The number of carboxylic acid groups (broad SMARTS) is 1. The zero-order valence-corrected chi connectivity index (χ0v) is 27.4. The maximum absolute atomic E-state index is 13.9. The van der Waals surface area contributed by atoms with E-state index in [-0.39, 0.29) is 18.4 Å². The molecule has 1 amide bonds. The molecule has 0 aliphatic carbocycles. The molecule has 3 rings (SSSR count). The van der Waals surface area contributed by atoms with Crippen molar-refractivity contribution >= 4 is 28.9 Å². The first-order chi connectivity index (χ1) is 21.7. The Morgan fingerprint density at radius 2 is 1.60 bits per heavy atom. The summed E-state index contributed by atoms with van der Waals surface area (Å²) in [6, 6.07) is 2.06. The van der Waals surface area contributed by atoms with Gasteiger partial charge in [-0.15, -0.1) is 0 Å². The van der Waals surface area contributed by atoms with Crippen molar-refractivity contribution in [1.82, 2.24) is 14.8 Å². The Kier molecular flexibility index (Phi) is 13.9. The Morgan fingerprint density at radius 1 is 0.979 bits per heavy atom. The van der Waals surface area contributed by atoms with E-state index < -0.39 is 83.3 Å². The number of likely N-dealkylation sites (tertiary alicyclic amines) is 1. The number of pyridine rings is 1. The number of ether oxygens (including phenoxy) is 2. The fraction of sp³-hybridized carbons (Fsp3) is 0.625. The first kappa shape index (κ1) is 39.6. The molecule has 0 spiro atoms. The van der Waals surface area contributed by atoms with Crippen LogP contribution in [0.3, 0.4) is 0 Å². The molecule has 0 radical (unpaired) electrons. The molecule has 9 nitrogen and oxygen atoms in total. The Morgan fingerprint density at radius 3 is 2.09 bits per heavy atom. The van der Waals surface area contributed by atoms with Gasteiger partial charge in [0.2, 0.25) is 0 Å². The number of halogens is 6. The number of rotatable bonds is 9. The van der Waals surface area contributed by atoms with Crippen LogP contribution in [0, 0.1) is 0 Å². The van der Waals surface area contributed by atoms with E-state index in [1.807, 2.05) is 0 Å². The van der Waals surface area contributed by atoms with Crippen molar-refractivity contribution < 1.29 is 55.3 Å². The molecule has 1 N–H and O–H groups in total. The van der Waals surface area contributed by atoms with Crippen molar-refractivity contribution in [2.75, 3.05) is 26.2 Å². The first-order valence-corrected chi connectivity index (χ1v) is 15.4. The lowest BCUT2D eigenvalue weighted by atomic mass is 9.90. The number of carbonyl (C=O) groups excluding carboxylic acids is 2. The number of esters is 1. The molecule has 1 aromatic carbocycles. The molecule has 2 heterocycles. The number of aromatic nitrogens is 1. The Bertz CT molecular complexity index is 1370. The van der Waals surface area contributed by atoms with Gasteiger partial charge < -0.3 is 24.4 Å². The molecule has 264 valence electrons. The molecule has 2 aromatic rings.